The van der Waals surface area contributed by atoms with Crippen molar-refractivity contribution in [2.75, 3.05) is 12.9 Å². The van der Waals surface area contributed by atoms with Crippen LogP contribution in [0.2, 0.25) is 0 Å². The highest BCUT2D eigenvalue weighted by molar-refractivity contribution is 6.17. The van der Waals surface area contributed by atoms with E-state index in [1.165, 1.54) is 0 Å². The van der Waals surface area contributed by atoms with Gasteiger partial charge in [-0.3, -0.25) is 4.79 Å². The van der Waals surface area contributed by atoms with Gasteiger partial charge in [0.2, 0.25) is 0 Å². The van der Waals surface area contributed by atoms with Crippen LogP contribution in [0.15, 0.2) is 0 Å². The Kier molecular flexibility index (Phi) is 11.8. The largest absolute Gasteiger partial charge is 0.480 e. The maximum atomic E-state index is 10.1. The molecule has 0 bridgehead atoms. The van der Waals surface area contributed by atoms with E-state index in [1.54, 1.807) is 7.05 Å². The third-order valence-electron chi connectivity index (χ3n) is 1.05. The Morgan fingerprint density at radius 3 is 2.00 bits per heavy atom. The Morgan fingerprint density at radius 2 is 2.00 bits per heavy atom. The number of carboxylic acids is 1. The van der Waals surface area contributed by atoms with E-state index >= 15 is 0 Å². The van der Waals surface area contributed by atoms with Gasteiger partial charge >= 0.3 is 5.97 Å². The van der Waals surface area contributed by atoms with Crippen LogP contribution in [-0.2, 0) is 4.79 Å². The van der Waals surface area contributed by atoms with Crippen molar-refractivity contribution in [2.24, 2.45) is 0 Å². The third-order valence-corrected chi connectivity index (χ3v) is 1.05. The summed E-state index contributed by atoms with van der Waals surface area (Å²) in [4.78, 5) is 10.1. The highest BCUT2D eigenvalue weighted by Gasteiger charge is 2.09. The number of nitrogens with one attached hydrogen (secondary N) is 1. The van der Waals surface area contributed by atoms with Crippen LogP contribution < -0.4 is 5.32 Å². The third kappa shape index (κ3) is 9.72. The zero-order valence-corrected chi connectivity index (χ0v) is 7.98. The molecule has 0 heterocycles. The van der Waals surface area contributed by atoms with Gasteiger partial charge < -0.3 is 10.4 Å². The van der Waals surface area contributed by atoms with Crippen LogP contribution in [0.4, 0.5) is 0 Å². The number of aliphatic carboxylic acids is 1. The fourth-order valence-corrected chi connectivity index (χ4v) is 0.502. The monoisotopic (exact) mass is 181 g/mol. The molecule has 1 unspecified atom stereocenters. The molecule has 11 heavy (non-hydrogen) atoms. The Labute approximate surface area is 72.7 Å². The van der Waals surface area contributed by atoms with Crippen molar-refractivity contribution in [1.82, 2.24) is 5.32 Å². The molecule has 0 saturated heterocycles. The number of alkyl halides is 1. The quantitative estimate of drug-likeness (QED) is 0.646. The summed E-state index contributed by atoms with van der Waals surface area (Å²) in [5.41, 5.74) is 0. The first-order chi connectivity index (χ1) is 5.13. The van der Waals surface area contributed by atoms with Gasteiger partial charge in [-0.05, 0) is 13.5 Å². The molecule has 0 aromatic carbocycles. The van der Waals surface area contributed by atoms with Gasteiger partial charge in [0, 0.05) is 5.88 Å². The summed E-state index contributed by atoms with van der Waals surface area (Å²) >= 11 is 5.00. The number of carbonyl (C=O) groups is 1. The molecule has 4 heteroatoms. The highest BCUT2D eigenvalue weighted by Crippen LogP contribution is 1.86. The number of likely N-dealkylation sites (N-methyl/N-ethyl adjacent to an activating group) is 1. The summed E-state index contributed by atoms with van der Waals surface area (Å²) < 4.78 is 0. The van der Waals surface area contributed by atoms with Gasteiger partial charge in [-0.2, -0.15) is 0 Å². The second-order valence-electron chi connectivity index (χ2n) is 1.86. The smallest absolute Gasteiger partial charge is 0.320 e. The van der Waals surface area contributed by atoms with Gasteiger partial charge in [-0.25, -0.2) is 0 Å². The van der Waals surface area contributed by atoms with E-state index in [0.29, 0.717) is 6.42 Å². The number of rotatable bonds is 3. The first-order valence-electron chi connectivity index (χ1n) is 3.59. The Hall–Kier alpha value is -0.280. The first-order valence-corrected chi connectivity index (χ1v) is 4.13. The Balaban J connectivity index is 0. The van der Waals surface area contributed by atoms with E-state index in [-0.39, 0.29) is 6.04 Å². The Morgan fingerprint density at radius 1 is 1.64 bits per heavy atom. The van der Waals surface area contributed by atoms with Crippen LogP contribution in [-0.4, -0.2) is 30.0 Å². The van der Waals surface area contributed by atoms with Crippen LogP contribution in [0.1, 0.15) is 20.3 Å². The van der Waals surface area contributed by atoms with E-state index in [9.17, 15) is 4.79 Å². The molecule has 0 spiro atoms. The van der Waals surface area contributed by atoms with Gasteiger partial charge in [-0.1, -0.05) is 13.8 Å². The van der Waals surface area contributed by atoms with Crippen molar-refractivity contribution in [3.63, 3.8) is 0 Å². The summed E-state index contributed by atoms with van der Waals surface area (Å²) in [5, 5.41) is 11.0. The molecule has 1 atom stereocenters. The predicted molar refractivity (Wildman–Crippen MR) is 47.2 cm³/mol. The molecule has 2 N–H and O–H groups in total. The molecular formula is C7H16ClNO2. The molecule has 0 aliphatic heterocycles. The average molecular weight is 182 g/mol. The fraction of sp³-hybridized carbons (Fsp3) is 0.857. The minimum Gasteiger partial charge on any atom is -0.480 e. The SMILES string of the molecule is CCC(NC)C(=O)O.CCCl. The van der Waals surface area contributed by atoms with Gasteiger partial charge in [0.15, 0.2) is 0 Å². The molecule has 0 fully saturated rings. The number of halogens is 1. The molecule has 3 nitrogen and oxygen atoms in total. The van der Waals surface area contributed by atoms with E-state index < -0.39 is 5.97 Å². The molecular weight excluding hydrogens is 166 g/mol. The molecule has 0 aliphatic carbocycles. The van der Waals surface area contributed by atoms with Gasteiger partial charge in [0.25, 0.3) is 0 Å². The van der Waals surface area contributed by atoms with Gasteiger partial charge in [0.05, 0.1) is 0 Å². The van der Waals surface area contributed by atoms with Crippen molar-refractivity contribution in [2.45, 2.75) is 26.3 Å². The van der Waals surface area contributed by atoms with Gasteiger partial charge in [0.1, 0.15) is 6.04 Å². The van der Waals surface area contributed by atoms with Crippen LogP contribution >= 0.6 is 11.6 Å². The summed E-state index contributed by atoms with van der Waals surface area (Å²) in [6.07, 6.45) is 0.631. The lowest BCUT2D eigenvalue weighted by Crippen LogP contribution is -2.32. The normalized spacial score (nSPS) is 11.3. The van der Waals surface area contributed by atoms with Crippen molar-refractivity contribution < 1.29 is 9.90 Å². The summed E-state index contributed by atoms with van der Waals surface area (Å²) in [6.45, 7) is 3.72. The summed E-state index contributed by atoms with van der Waals surface area (Å²) in [5.74, 6) is -0.0602. The first kappa shape index (κ1) is 13.3. The van der Waals surface area contributed by atoms with E-state index in [4.69, 9.17) is 16.7 Å². The maximum absolute atomic E-state index is 10.1. The van der Waals surface area contributed by atoms with Gasteiger partial charge in [-0.15, -0.1) is 11.6 Å². The predicted octanol–water partition coefficient (Wildman–Crippen LogP) is 1.31. The molecule has 0 rings (SSSR count). The Bertz CT molecular complexity index is 94.4. The van der Waals surface area contributed by atoms with Crippen molar-refractivity contribution in [3.05, 3.63) is 0 Å². The van der Waals surface area contributed by atoms with Crippen molar-refractivity contribution in [1.29, 1.82) is 0 Å². The zero-order valence-electron chi connectivity index (χ0n) is 7.22. The van der Waals surface area contributed by atoms with Crippen LogP contribution in [0.25, 0.3) is 0 Å². The molecule has 0 aromatic heterocycles. The standard InChI is InChI=1S/C5H11NO2.C2H5Cl/c1-3-4(6-2)5(7)8;1-2-3/h4,6H,3H2,1-2H3,(H,7,8);2H2,1H3. The zero-order chi connectivity index (χ0) is 9.28. The molecule has 0 aliphatic rings. The maximum Gasteiger partial charge on any atom is 0.320 e. The van der Waals surface area contributed by atoms with Crippen molar-refractivity contribution in [3.8, 4) is 0 Å². The van der Waals surface area contributed by atoms with Crippen LogP contribution in [0, 0.1) is 0 Å². The molecule has 0 amide bonds. The fourth-order valence-electron chi connectivity index (χ4n) is 0.502. The van der Waals surface area contributed by atoms with E-state index in [2.05, 4.69) is 5.32 Å². The number of carboxylic acid groups (broad SMARTS) is 1. The minimum absolute atomic E-state index is 0.380. The topological polar surface area (TPSA) is 49.3 Å². The lowest BCUT2D eigenvalue weighted by atomic mass is 10.2. The minimum atomic E-state index is -0.782. The second kappa shape index (κ2) is 9.72. The molecule has 0 saturated carbocycles. The highest BCUT2D eigenvalue weighted by atomic mass is 35.5. The molecule has 0 radical (unpaired) electrons. The van der Waals surface area contributed by atoms with Crippen LogP contribution in [0.5, 0.6) is 0 Å². The molecule has 68 valence electrons. The lowest BCUT2D eigenvalue weighted by Gasteiger charge is -2.05. The van der Waals surface area contributed by atoms with E-state index in [0.717, 1.165) is 5.88 Å². The number of hydrogen-bond acceptors (Lipinski definition) is 2. The number of hydrogen-bond donors (Lipinski definition) is 2. The summed E-state index contributed by atoms with van der Waals surface area (Å²) in [7, 11) is 1.64. The van der Waals surface area contributed by atoms with Crippen LogP contribution in [0.3, 0.4) is 0 Å². The van der Waals surface area contributed by atoms with E-state index in [1.807, 2.05) is 13.8 Å². The second-order valence-corrected chi connectivity index (χ2v) is 2.39. The van der Waals surface area contributed by atoms with Crippen molar-refractivity contribution >= 4 is 17.6 Å². The molecule has 0 aromatic rings. The lowest BCUT2D eigenvalue weighted by molar-refractivity contribution is -0.139. The summed E-state index contributed by atoms with van der Waals surface area (Å²) in [6, 6.07) is -0.380. The average Bonchev–Trinajstić information content (AvgIpc) is 1.91.